The number of aromatic nitrogens is 3. The Kier molecular flexibility index (Phi) is 36.6. The molecule has 5 aliphatic rings. The lowest BCUT2D eigenvalue weighted by atomic mass is 9.99. The van der Waals surface area contributed by atoms with Gasteiger partial charge in [-0.1, -0.05) is 96.2 Å². The van der Waals surface area contributed by atoms with Crippen LogP contribution in [0, 0.1) is 0 Å². The van der Waals surface area contributed by atoms with Crippen LogP contribution in [0.2, 0.25) is 0 Å². The number of nitrogens with zero attached hydrogens (tertiary/aromatic N) is 8. The van der Waals surface area contributed by atoms with Crippen LogP contribution in [-0.4, -0.2) is 288 Å². The molecule has 14 rings (SSSR count). The second-order valence-corrected chi connectivity index (χ2v) is 34.1. The Hall–Kier alpha value is -15.5. The third-order valence-corrected chi connectivity index (χ3v) is 24.5. The van der Waals surface area contributed by atoms with E-state index in [0.717, 1.165) is 16.7 Å². The molecule has 1 aromatic heterocycles. The van der Waals surface area contributed by atoms with Gasteiger partial charge in [0, 0.05) is 198 Å². The van der Waals surface area contributed by atoms with Gasteiger partial charge in [-0.15, -0.1) is 5.10 Å². The molecule has 5 aliphatic heterocycles. The fraction of sp³-hybridized carbons (Fsp3) is 0.360. The lowest BCUT2D eigenvalue weighted by molar-refractivity contribution is -0.127. The molecule has 0 spiro atoms. The minimum Gasteiger partial charge on any atom is -0.506 e. The summed E-state index contributed by atoms with van der Waals surface area (Å²) in [4.78, 5) is 203. The molecule has 4 atom stereocenters. The molecule has 0 radical (unpaired) electrons. The van der Waals surface area contributed by atoms with Gasteiger partial charge in [0.25, 0.3) is 59.1 Å². The summed E-state index contributed by atoms with van der Waals surface area (Å²) in [5.74, 6) is -9.91. The fourth-order valence-electron chi connectivity index (χ4n) is 16.9. The summed E-state index contributed by atoms with van der Waals surface area (Å²) in [6.07, 6.45) is 3.76. The Morgan fingerprint density at radius 1 is 0.388 bits per heavy atom. The van der Waals surface area contributed by atoms with Crippen LogP contribution in [0.3, 0.4) is 0 Å². The Labute approximate surface area is 802 Å². The summed E-state index contributed by atoms with van der Waals surface area (Å²) in [5.41, 5.74) is 3.41. The molecule has 0 saturated carbocycles. The van der Waals surface area contributed by atoms with E-state index in [9.17, 15) is 87.5 Å². The number of anilines is 2. The van der Waals surface area contributed by atoms with Gasteiger partial charge in [0.15, 0.2) is 0 Å². The summed E-state index contributed by atoms with van der Waals surface area (Å²) >= 11 is 0. The van der Waals surface area contributed by atoms with Crippen molar-refractivity contribution in [1.29, 1.82) is 0 Å². The van der Waals surface area contributed by atoms with Crippen LogP contribution in [0.15, 0.2) is 182 Å². The quantitative estimate of drug-likeness (QED) is 0.0414. The van der Waals surface area contributed by atoms with Crippen molar-refractivity contribution in [3.8, 4) is 34.1 Å². The molecule has 730 valence electrons. The Morgan fingerprint density at radius 2 is 0.806 bits per heavy atom. The van der Waals surface area contributed by atoms with Crippen LogP contribution in [0.25, 0.3) is 11.1 Å². The highest BCUT2D eigenvalue weighted by Gasteiger charge is 2.32. The fourth-order valence-corrected chi connectivity index (χ4v) is 16.9. The van der Waals surface area contributed by atoms with Crippen molar-refractivity contribution in [3.05, 3.63) is 249 Å². The van der Waals surface area contributed by atoms with Crippen LogP contribution in [0.4, 0.5) is 11.4 Å². The number of unbranched alkanes of at least 4 members (excludes halogenated alkanes) is 1. The first-order valence-electron chi connectivity index (χ1n) is 46.8. The van der Waals surface area contributed by atoms with Gasteiger partial charge >= 0.3 is 0 Å². The van der Waals surface area contributed by atoms with Gasteiger partial charge in [0.1, 0.15) is 28.7 Å². The molecule has 0 aliphatic carbocycles. The summed E-state index contributed by atoms with van der Waals surface area (Å²) in [6, 6.07) is 46.7. The molecule has 39 heteroatoms. The SMILES string of the molecule is O=C(CCCC(=O)NCCn1cc(CNC(=O)CCC(=O)NC2CCCN(C(=O)c3ccc(NC(=O)c4ccccc4-c4ccccc4)cc3)c3ccccc32)nn1)NCCCCC1CN2CCNC(=O)c3cccc(c3O)C(=O)NCCN(CCNC(=O)c3cccc(c3O)C(=O)N1)CCN1CCNC(=O)c3cccc(c3O)C(=O)NCCN(CCNC(=O)c3cccc(c3O)C(=O)NCC1)CC2. The van der Waals surface area contributed by atoms with Crippen molar-refractivity contribution in [2.45, 2.75) is 89.4 Å². The number of rotatable bonds is 22. The average molecular weight is 1900 g/mol. The summed E-state index contributed by atoms with van der Waals surface area (Å²) < 4.78 is 1.50. The standard InChI is InChI=1S/C100H117N21O18/c122-83(32-14-33-84(123)102-48-57-120-64-69(114-115-120)62-110-85(124)38-39-86(125)113-81-30-15-49-121(82-31-7-6-21-72(81)82)100(139)66-34-36-67(37-35-66)111-98(137)71-20-5-4-19-70(71)65-16-2-1-3-17-65)101-40-9-8-18-68-63-119-56-47-109-96(135)78-27-12-26-77(89(78)128)93(132)105-43-52-117(53-44-108-97(136)79-28-13-29-80(90(79)129)99(138)112-68)59-58-116-50-41-103-91(130)73-22-10-24-75(87(73)126)94(133)106-45-54-118(60-61-119)55-46-107-95(134)76-25-11-23-74(88(76)127)92(131)104-42-51-116/h1-7,10-13,16-17,19-29,31,34-37,64,68,81,126-129H,8-9,14-15,18,30,32-33,38-63H2,(H,101,122)(H,102,123)(H,103,130)(H,104,131)(H,105,132)(H,106,133)(H,107,134)(H,108,136)(H,109,135)(H,110,124)(H,111,137)(H,112,138)(H,113,125). The van der Waals surface area contributed by atoms with E-state index < -0.39 is 88.2 Å². The number of phenols is 4. The van der Waals surface area contributed by atoms with Crippen LogP contribution in [0.5, 0.6) is 23.0 Å². The second-order valence-electron chi connectivity index (χ2n) is 34.1. The topological polar surface area (TPSA) is 523 Å². The first kappa shape index (κ1) is 101. The van der Waals surface area contributed by atoms with Gasteiger partial charge in [0.2, 0.25) is 23.6 Å². The van der Waals surface area contributed by atoms with Crippen LogP contribution in [0.1, 0.15) is 185 Å². The molecule has 4 unspecified atom stereocenters. The Bertz CT molecular complexity index is 5830. The molecule has 39 nitrogen and oxygen atoms in total. The van der Waals surface area contributed by atoms with Gasteiger partial charge in [0.05, 0.1) is 69.8 Å². The lowest BCUT2D eigenvalue weighted by Gasteiger charge is -2.31. The Balaban J connectivity index is 0.608. The summed E-state index contributed by atoms with van der Waals surface area (Å²) in [5, 5.41) is 92.3. The van der Waals surface area contributed by atoms with Crippen molar-refractivity contribution in [2.75, 3.05) is 154 Å². The minimum atomic E-state index is -0.779. The number of hydrogen-bond donors (Lipinski definition) is 17. The Morgan fingerprint density at radius 3 is 1.30 bits per heavy atom. The number of fused-ring (bicyclic) bond motifs is 17. The molecule has 6 heterocycles. The average Bonchev–Trinajstić information content (AvgIpc) is 1.70. The van der Waals surface area contributed by atoms with Crippen molar-refractivity contribution >= 4 is 94.1 Å². The zero-order chi connectivity index (χ0) is 98.1. The second kappa shape index (κ2) is 50.4. The summed E-state index contributed by atoms with van der Waals surface area (Å²) in [6.45, 7) is 2.19. The smallest absolute Gasteiger partial charge is 0.258 e. The monoisotopic (exact) mass is 1900 g/mol. The predicted octanol–water partition coefficient (Wildman–Crippen LogP) is 4.54. The van der Waals surface area contributed by atoms with Crippen LogP contribution < -0.4 is 74.0 Å². The highest BCUT2D eigenvalue weighted by molar-refractivity contribution is 6.11. The van der Waals surface area contributed by atoms with E-state index >= 15 is 0 Å². The number of carbonyl (C=O) groups excluding carboxylic acids is 14. The van der Waals surface area contributed by atoms with E-state index in [-0.39, 0.29) is 263 Å². The van der Waals surface area contributed by atoms with E-state index in [1.807, 2.05) is 92.4 Å². The number of phenolic OH excluding ortho intramolecular Hbond substituents is 4. The third-order valence-electron chi connectivity index (χ3n) is 24.5. The maximum atomic E-state index is 14.8. The van der Waals surface area contributed by atoms with E-state index in [4.69, 9.17) is 0 Å². The number of benzene rings is 8. The van der Waals surface area contributed by atoms with Gasteiger partial charge in [-0.25, -0.2) is 0 Å². The van der Waals surface area contributed by atoms with E-state index in [1.54, 1.807) is 41.4 Å². The van der Waals surface area contributed by atoms with E-state index in [1.165, 1.54) is 77.5 Å². The van der Waals surface area contributed by atoms with E-state index in [0.29, 0.717) is 60.4 Å². The molecular weight excluding hydrogens is 1780 g/mol. The zero-order valence-corrected chi connectivity index (χ0v) is 77.1. The molecule has 9 aromatic rings. The number of hydrogen-bond acceptors (Lipinski definition) is 24. The van der Waals surface area contributed by atoms with Crippen molar-refractivity contribution < 1.29 is 87.5 Å². The maximum absolute atomic E-state index is 14.8. The first-order chi connectivity index (χ1) is 67.4. The van der Waals surface area contributed by atoms with Gasteiger partial charge in [-0.05, 0) is 140 Å². The van der Waals surface area contributed by atoms with Crippen LogP contribution >= 0.6 is 0 Å². The molecule has 17 N–H and O–H groups in total. The third kappa shape index (κ3) is 28.6. The maximum Gasteiger partial charge on any atom is 0.258 e. The first-order valence-corrected chi connectivity index (χ1v) is 46.8. The van der Waals surface area contributed by atoms with Crippen molar-refractivity contribution in [3.63, 3.8) is 0 Å². The molecular formula is C100H117N21O18. The normalized spacial score (nSPS) is 18.6. The number of para-hydroxylation sites is 5. The van der Waals surface area contributed by atoms with Crippen LogP contribution in [-0.2, 0) is 32.3 Å². The number of nitrogens with one attached hydrogen (secondary N) is 13. The molecule has 0 fully saturated rings. The predicted molar refractivity (Wildman–Crippen MR) is 515 cm³/mol. The van der Waals surface area contributed by atoms with Gasteiger partial charge in [-0.2, -0.15) is 0 Å². The number of carbonyl (C=O) groups is 14. The lowest BCUT2D eigenvalue weighted by Crippen LogP contribution is -2.49. The largest absolute Gasteiger partial charge is 0.506 e. The molecule has 8 aromatic carbocycles. The molecule has 0 saturated heterocycles. The van der Waals surface area contributed by atoms with E-state index in [2.05, 4.69) is 79.4 Å². The highest BCUT2D eigenvalue weighted by Crippen LogP contribution is 2.36. The molecule has 12 bridgehead atoms. The van der Waals surface area contributed by atoms with Crippen molar-refractivity contribution in [1.82, 2.24) is 98.4 Å². The van der Waals surface area contributed by atoms with Crippen molar-refractivity contribution in [2.24, 2.45) is 0 Å². The van der Waals surface area contributed by atoms with Gasteiger partial charge < -0.3 is 94.4 Å². The number of amides is 14. The summed E-state index contributed by atoms with van der Waals surface area (Å²) in [7, 11) is 0. The number of aromatic hydroxyl groups is 4. The highest BCUT2D eigenvalue weighted by atomic mass is 16.3. The molecule has 139 heavy (non-hydrogen) atoms. The zero-order valence-electron chi connectivity index (χ0n) is 77.1. The minimum absolute atomic E-state index is 0.0114. The van der Waals surface area contributed by atoms with Gasteiger partial charge in [-0.3, -0.25) is 91.4 Å². The molecule has 14 amide bonds.